The number of nitrogens with zero attached hydrogens (tertiary/aromatic N) is 4. The van der Waals surface area contributed by atoms with Crippen LogP contribution in [0.15, 0.2) is 55.1 Å². The molecular formula is C24H24N4O5S. The molecule has 2 aromatic heterocycles. The molecule has 0 atom stereocenters. The molecule has 9 nitrogen and oxygen atoms in total. The molecule has 2 aromatic carbocycles. The van der Waals surface area contributed by atoms with Crippen molar-refractivity contribution in [1.29, 1.82) is 0 Å². The van der Waals surface area contributed by atoms with Crippen molar-refractivity contribution in [3.63, 3.8) is 0 Å². The monoisotopic (exact) mass is 480 g/mol. The number of hydrogen-bond acceptors (Lipinski definition) is 8. The van der Waals surface area contributed by atoms with Crippen LogP contribution < -0.4 is 14.4 Å². The van der Waals surface area contributed by atoms with Gasteiger partial charge in [-0.05, 0) is 42.8 Å². The molecule has 0 fully saturated rings. The number of methoxy groups -OCH3 is 3. The third-order valence-corrected chi connectivity index (χ3v) is 6.38. The number of aryl methyl sites for hydroxylation is 1. The second-order valence-corrected chi connectivity index (χ2v) is 8.30. The van der Waals surface area contributed by atoms with Crippen LogP contribution in [0.4, 0.5) is 5.13 Å². The Morgan fingerprint density at radius 3 is 2.35 bits per heavy atom. The molecule has 1 amide bonds. The van der Waals surface area contributed by atoms with Gasteiger partial charge in [0.2, 0.25) is 0 Å². The van der Waals surface area contributed by atoms with Crippen molar-refractivity contribution in [2.45, 2.75) is 13.0 Å². The van der Waals surface area contributed by atoms with Crippen molar-refractivity contribution in [3.8, 4) is 11.5 Å². The van der Waals surface area contributed by atoms with E-state index in [9.17, 15) is 9.59 Å². The van der Waals surface area contributed by atoms with E-state index in [4.69, 9.17) is 19.2 Å². The van der Waals surface area contributed by atoms with Crippen molar-refractivity contribution in [1.82, 2.24) is 14.5 Å². The molecule has 0 saturated carbocycles. The molecule has 0 radical (unpaired) electrons. The summed E-state index contributed by atoms with van der Waals surface area (Å²) in [6.45, 7) is 1.13. The molecule has 0 saturated heterocycles. The normalized spacial score (nSPS) is 10.8. The molecule has 4 aromatic rings. The number of amides is 1. The lowest BCUT2D eigenvalue weighted by molar-refractivity contribution is 0.0600. The highest BCUT2D eigenvalue weighted by Crippen LogP contribution is 2.40. The molecule has 4 rings (SSSR count). The van der Waals surface area contributed by atoms with Crippen molar-refractivity contribution in [2.24, 2.45) is 0 Å². The van der Waals surface area contributed by atoms with Gasteiger partial charge in [-0.2, -0.15) is 0 Å². The van der Waals surface area contributed by atoms with E-state index >= 15 is 0 Å². The van der Waals surface area contributed by atoms with Crippen LogP contribution in [0.2, 0.25) is 0 Å². The Labute approximate surface area is 200 Å². The molecular weight excluding hydrogens is 456 g/mol. The minimum atomic E-state index is -0.457. The zero-order valence-corrected chi connectivity index (χ0v) is 19.9. The van der Waals surface area contributed by atoms with Crippen LogP contribution in [-0.4, -0.2) is 54.3 Å². The summed E-state index contributed by atoms with van der Waals surface area (Å²) in [5.41, 5.74) is 1.45. The molecule has 0 bridgehead atoms. The van der Waals surface area contributed by atoms with Crippen LogP contribution in [-0.2, 0) is 11.3 Å². The van der Waals surface area contributed by atoms with Crippen LogP contribution in [0.1, 0.15) is 27.1 Å². The quantitative estimate of drug-likeness (QED) is 0.334. The maximum Gasteiger partial charge on any atom is 0.337 e. The molecule has 0 aliphatic rings. The third-order valence-electron chi connectivity index (χ3n) is 5.29. The van der Waals surface area contributed by atoms with E-state index in [2.05, 4.69) is 4.98 Å². The first-order valence-electron chi connectivity index (χ1n) is 10.5. The number of carbonyl (C=O) groups is 2. The number of esters is 1. The lowest BCUT2D eigenvalue weighted by Gasteiger charge is -2.20. The van der Waals surface area contributed by atoms with Gasteiger partial charge in [-0.25, -0.2) is 14.8 Å². The van der Waals surface area contributed by atoms with Gasteiger partial charge in [0.15, 0.2) is 5.13 Å². The molecule has 0 spiro atoms. The highest BCUT2D eigenvalue weighted by molar-refractivity contribution is 7.22. The van der Waals surface area contributed by atoms with Crippen LogP contribution in [0.3, 0.4) is 0 Å². The van der Waals surface area contributed by atoms with Gasteiger partial charge in [0.1, 0.15) is 21.7 Å². The Hall–Kier alpha value is -3.92. The second kappa shape index (κ2) is 10.3. The standard InChI is InChI=1S/C24H24N4O5S/c1-31-18-9-10-19(32-2)21-20(18)26-24(34-21)28(13-4-12-27-14-11-25-15-27)22(29)16-5-7-17(8-6-16)23(30)33-3/h5-11,14-15H,4,12-13H2,1-3H3. The van der Waals surface area contributed by atoms with Gasteiger partial charge >= 0.3 is 5.97 Å². The topological polar surface area (TPSA) is 95.8 Å². The Bertz CT molecular complexity index is 1240. The number of aromatic nitrogens is 3. The predicted molar refractivity (Wildman–Crippen MR) is 129 cm³/mol. The smallest absolute Gasteiger partial charge is 0.337 e. The molecule has 0 aliphatic heterocycles. The molecule has 0 aliphatic carbocycles. The first-order valence-corrected chi connectivity index (χ1v) is 11.3. The van der Waals surface area contributed by atoms with Crippen molar-refractivity contribution < 1.29 is 23.8 Å². The lowest BCUT2D eigenvalue weighted by Crippen LogP contribution is -2.32. The summed E-state index contributed by atoms with van der Waals surface area (Å²) in [6.07, 6.45) is 6.03. The number of ether oxygens (including phenoxy) is 3. The first-order chi connectivity index (χ1) is 16.5. The summed E-state index contributed by atoms with van der Waals surface area (Å²) >= 11 is 1.36. The highest BCUT2D eigenvalue weighted by Gasteiger charge is 2.24. The van der Waals surface area contributed by atoms with Crippen molar-refractivity contribution >= 4 is 38.6 Å². The molecule has 10 heteroatoms. The molecule has 176 valence electrons. The summed E-state index contributed by atoms with van der Waals surface area (Å²) in [4.78, 5) is 35.8. The van der Waals surface area contributed by atoms with Crippen LogP contribution in [0.5, 0.6) is 11.5 Å². The van der Waals surface area contributed by atoms with E-state index in [-0.39, 0.29) is 5.91 Å². The Morgan fingerprint density at radius 2 is 1.71 bits per heavy atom. The van der Waals surface area contributed by atoms with Crippen LogP contribution >= 0.6 is 11.3 Å². The number of fused-ring (bicyclic) bond motifs is 1. The summed E-state index contributed by atoms with van der Waals surface area (Å²) in [5.74, 6) is 0.583. The van der Waals surface area contributed by atoms with E-state index in [1.807, 2.05) is 16.8 Å². The maximum atomic E-state index is 13.6. The summed E-state index contributed by atoms with van der Waals surface area (Å²) in [6, 6.07) is 10.00. The van der Waals surface area contributed by atoms with Gasteiger partial charge in [0.05, 0.1) is 33.2 Å². The minimum Gasteiger partial charge on any atom is -0.495 e. The van der Waals surface area contributed by atoms with E-state index in [1.165, 1.54) is 18.4 Å². The fourth-order valence-corrected chi connectivity index (χ4v) is 4.63. The maximum absolute atomic E-state index is 13.6. The summed E-state index contributed by atoms with van der Waals surface area (Å²) in [7, 11) is 4.49. The molecule has 34 heavy (non-hydrogen) atoms. The summed E-state index contributed by atoms with van der Waals surface area (Å²) < 4.78 is 18.5. The van der Waals surface area contributed by atoms with Crippen molar-refractivity contribution in [2.75, 3.05) is 32.8 Å². The molecule has 2 heterocycles. The van der Waals surface area contributed by atoms with Gasteiger partial charge in [0, 0.05) is 31.0 Å². The number of benzene rings is 2. The van der Waals surface area contributed by atoms with Crippen LogP contribution in [0.25, 0.3) is 10.2 Å². The highest BCUT2D eigenvalue weighted by atomic mass is 32.1. The fraction of sp³-hybridized carbons (Fsp3) is 0.250. The zero-order chi connectivity index (χ0) is 24.1. The van der Waals surface area contributed by atoms with Gasteiger partial charge in [0.25, 0.3) is 5.91 Å². The number of carbonyl (C=O) groups excluding carboxylic acids is 2. The zero-order valence-electron chi connectivity index (χ0n) is 19.1. The Kier molecular flexibility index (Phi) is 7.07. The van der Waals surface area contributed by atoms with Gasteiger partial charge in [-0.3, -0.25) is 9.69 Å². The van der Waals surface area contributed by atoms with E-state index in [1.54, 1.807) is 62.0 Å². The SMILES string of the molecule is COC(=O)c1ccc(C(=O)N(CCCn2ccnc2)c2nc3c(OC)ccc(OC)c3s2)cc1. The number of rotatable bonds is 9. The Morgan fingerprint density at radius 1 is 1.00 bits per heavy atom. The number of thiazole rings is 1. The molecule has 0 unspecified atom stereocenters. The summed E-state index contributed by atoms with van der Waals surface area (Å²) in [5, 5.41) is 0.533. The average molecular weight is 481 g/mol. The molecule has 0 N–H and O–H groups in total. The van der Waals surface area contributed by atoms with Gasteiger partial charge in [-0.15, -0.1) is 0 Å². The third kappa shape index (κ3) is 4.72. The van der Waals surface area contributed by atoms with Gasteiger partial charge in [-0.1, -0.05) is 11.3 Å². The lowest BCUT2D eigenvalue weighted by atomic mass is 10.1. The second-order valence-electron chi connectivity index (χ2n) is 7.32. The van der Waals surface area contributed by atoms with Crippen molar-refractivity contribution in [3.05, 3.63) is 66.2 Å². The average Bonchev–Trinajstić information content (AvgIpc) is 3.55. The number of imidazole rings is 1. The van der Waals surface area contributed by atoms with E-state index in [0.717, 1.165) is 4.70 Å². The minimum absolute atomic E-state index is 0.223. The van der Waals surface area contributed by atoms with Gasteiger partial charge < -0.3 is 18.8 Å². The predicted octanol–water partition coefficient (Wildman–Crippen LogP) is 4.03. The number of hydrogen-bond donors (Lipinski definition) is 0. The fourth-order valence-electron chi connectivity index (χ4n) is 3.53. The largest absolute Gasteiger partial charge is 0.495 e. The van der Waals surface area contributed by atoms with Crippen LogP contribution in [0, 0.1) is 0 Å². The Balaban J connectivity index is 1.68. The van der Waals surface area contributed by atoms with E-state index < -0.39 is 5.97 Å². The first kappa shape index (κ1) is 23.2. The number of anilines is 1. The van der Waals surface area contributed by atoms with E-state index in [0.29, 0.717) is 52.8 Å².